The van der Waals surface area contributed by atoms with Crippen LogP contribution in [0.15, 0.2) is 48.5 Å². The zero-order valence-corrected chi connectivity index (χ0v) is 12.8. The number of carbonyl (C=O) groups excluding carboxylic acids is 1. The number of benzene rings is 2. The van der Waals surface area contributed by atoms with E-state index in [4.69, 9.17) is 14.6 Å². The second kappa shape index (κ2) is 7.98. The molecule has 0 saturated carbocycles. The van der Waals surface area contributed by atoms with Gasteiger partial charge in [-0.1, -0.05) is 30.3 Å². The Balaban J connectivity index is 2.04. The van der Waals surface area contributed by atoms with Gasteiger partial charge in [0.05, 0.1) is 6.61 Å². The van der Waals surface area contributed by atoms with Crippen LogP contribution in [0.25, 0.3) is 0 Å². The fourth-order valence-electron chi connectivity index (χ4n) is 2.02. The molecule has 0 aromatic heterocycles. The van der Waals surface area contributed by atoms with Gasteiger partial charge < -0.3 is 14.6 Å². The number of rotatable bonds is 8. The van der Waals surface area contributed by atoms with Crippen LogP contribution in [-0.4, -0.2) is 30.1 Å². The molecule has 2 aromatic carbocycles. The molecular weight excluding hydrogens is 296 g/mol. The van der Waals surface area contributed by atoms with E-state index in [1.165, 1.54) is 13.0 Å². The molecule has 0 aliphatic carbocycles. The van der Waals surface area contributed by atoms with Gasteiger partial charge in [-0.15, -0.1) is 0 Å². The van der Waals surface area contributed by atoms with Gasteiger partial charge in [0.1, 0.15) is 11.5 Å². The van der Waals surface area contributed by atoms with Gasteiger partial charge in [0.2, 0.25) is 0 Å². The Hall–Kier alpha value is -2.82. The topological polar surface area (TPSA) is 72.8 Å². The number of ether oxygens (including phenoxy) is 2. The van der Waals surface area contributed by atoms with E-state index in [1.807, 2.05) is 30.3 Å². The first kappa shape index (κ1) is 16.5. The molecule has 0 amide bonds. The van der Waals surface area contributed by atoms with Crippen molar-refractivity contribution in [1.82, 2.24) is 0 Å². The Morgan fingerprint density at radius 1 is 1.00 bits per heavy atom. The summed E-state index contributed by atoms with van der Waals surface area (Å²) >= 11 is 0. The van der Waals surface area contributed by atoms with Crippen LogP contribution in [0.5, 0.6) is 11.5 Å². The average Bonchev–Trinajstić information content (AvgIpc) is 2.54. The first-order valence-corrected chi connectivity index (χ1v) is 7.22. The van der Waals surface area contributed by atoms with Gasteiger partial charge in [-0.3, -0.25) is 4.79 Å². The minimum Gasteiger partial charge on any atom is -0.493 e. The Morgan fingerprint density at radius 2 is 1.65 bits per heavy atom. The standard InChI is InChI=1S/C18H18O5/c1-13(19)15-9-16(11-17(10-15)23-12-18(20)21)22-8-7-14-5-3-2-4-6-14/h2-6,9-11H,7-8,12H2,1H3,(H,20,21). The Bertz CT molecular complexity index is 679. The van der Waals surface area contributed by atoms with Crippen molar-refractivity contribution in [3.8, 4) is 11.5 Å². The predicted molar refractivity (Wildman–Crippen MR) is 85.2 cm³/mol. The Kier molecular flexibility index (Phi) is 5.74. The van der Waals surface area contributed by atoms with Crippen LogP contribution < -0.4 is 9.47 Å². The van der Waals surface area contributed by atoms with Crippen LogP contribution in [0.4, 0.5) is 0 Å². The average molecular weight is 314 g/mol. The molecule has 120 valence electrons. The van der Waals surface area contributed by atoms with Crippen molar-refractivity contribution in [1.29, 1.82) is 0 Å². The maximum atomic E-state index is 11.6. The molecule has 0 heterocycles. The van der Waals surface area contributed by atoms with Gasteiger partial charge in [-0.25, -0.2) is 4.79 Å². The fourth-order valence-corrected chi connectivity index (χ4v) is 2.02. The van der Waals surface area contributed by atoms with E-state index in [9.17, 15) is 9.59 Å². The van der Waals surface area contributed by atoms with E-state index in [0.717, 1.165) is 12.0 Å². The number of aliphatic carboxylic acids is 1. The van der Waals surface area contributed by atoms with Crippen LogP contribution in [0, 0.1) is 0 Å². The van der Waals surface area contributed by atoms with Crippen molar-refractivity contribution >= 4 is 11.8 Å². The van der Waals surface area contributed by atoms with Crippen molar-refractivity contribution in [2.75, 3.05) is 13.2 Å². The molecular formula is C18H18O5. The van der Waals surface area contributed by atoms with Gasteiger partial charge >= 0.3 is 5.97 Å². The van der Waals surface area contributed by atoms with Crippen LogP contribution in [0.2, 0.25) is 0 Å². The quantitative estimate of drug-likeness (QED) is 0.758. The Morgan fingerprint density at radius 3 is 2.26 bits per heavy atom. The minimum absolute atomic E-state index is 0.140. The maximum absolute atomic E-state index is 11.6. The SMILES string of the molecule is CC(=O)c1cc(OCCc2ccccc2)cc(OCC(=O)O)c1. The molecule has 0 fully saturated rings. The summed E-state index contributed by atoms with van der Waals surface area (Å²) < 4.78 is 10.8. The fraction of sp³-hybridized carbons (Fsp3) is 0.222. The molecule has 5 heteroatoms. The summed E-state index contributed by atoms with van der Waals surface area (Å²) in [5.41, 5.74) is 1.57. The maximum Gasteiger partial charge on any atom is 0.341 e. The lowest BCUT2D eigenvalue weighted by molar-refractivity contribution is -0.139. The number of carboxylic acids is 1. The largest absolute Gasteiger partial charge is 0.493 e. The third-order valence-electron chi connectivity index (χ3n) is 3.15. The smallest absolute Gasteiger partial charge is 0.341 e. The van der Waals surface area contributed by atoms with Crippen molar-refractivity contribution in [2.24, 2.45) is 0 Å². The molecule has 0 aliphatic heterocycles. The summed E-state index contributed by atoms with van der Waals surface area (Å²) in [5.74, 6) is -0.438. The first-order valence-electron chi connectivity index (χ1n) is 7.22. The number of carbonyl (C=O) groups is 2. The number of carboxylic acid groups (broad SMARTS) is 1. The number of hydrogen-bond acceptors (Lipinski definition) is 4. The molecule has 0 saturated heterocycles. The van der Waals surface area contributed by atoms with Gasteiger partial charge in [-0.2, -0.15) is 0 Å². The monoisotopic (exact) mass is 314 g/mol. The number of Topliss-reactive ketones (excluding diaryl/α,β-unsaturated/α-hetero) is 1. The van der Waals surface area contributed by atoms with E-state index < -0.39 is 12.6 Å². The van der Waals surface area contributed by atoms with Crippen molar-refractivity contribution in [3.05, 3.63) is 59.7 Å². The zero-order chi connectivity index (χ0) is 16.7. The summed E-state index contributed by atoms with van der Waals surface area (Å²) in [6.45, 7) is 1.42. The highest BCUT2D eigenvalue weighted by atomic mass is 16.5. The highest BCUT2D eigenvalue weighted by Gasteiger charge is 2.08. The molecule has 0 unspecified atom stereocenters. The lowest BCUT2D eigenvalue weighted by atomic mass is 10.1. The van der Waals surface area contributed by atoms with Crippen molar-refractivity contribution < 1.29 is 24.2 Å². The summed E-state index contributed by atoms with van der Waals surface area (Å²) in [6.07, 6.45) is 0.733. The zero-order valence-electron chi connectivity index (χ0n) is 12.8. The summed E-state index contributed by atoms with van der Waals surface area (Å²) in [5, 5.41) is 8.67. The van der Waals surface area contributed by atoms with E-state index in [0.29, 0.717) is 23.7 Å². The summed E-state index contributed by atoms with van der Waals surface area (Å²) in [4.78, 5) is 22.1. The van der Waals surface area contributed by atoms with Crippen LogP contribution in [-0.2, 0) is 11.2 Å². The molecule has 0 radical (unpaired) electrons. The summed E-state index contributed by atoms with van der Waals surface area (Å²) in [7, 11) is 0. The second-order valence-corrected chi connectivity index (χ2v) is 5.02. The van der Waals surface area contributed by atoms with E-state index in [-0.39, 0.29) is 5.78 Å². The van der Waals surface area contributed by atoms with E-state index in [2.05, 4.69) is 0 Å². The summed E-state index contributed by atoms with van der Waals surface area (Å²) in [6, 6.07) is 14.6. The lowest BCUT2D eigenvalue weighted by Gasteiger charge is -2.11. The second-order valence-electron chi connectivity index (χ2n) is 5.02. The van der Waals surface area contributed by atoms with Crippen molar-refractivity contribution in [3.63, 3.8) is 0 Å². The van der Waals surface area contributed by atoms with Gasteiger partial charge in [0, 0.05) is 18.1 Å². The normalized spacial score (nSPS) is 10.1. The van der Waals surface area contributed by atoms with Crippen LogP contribution in [0.3, 0.4) is 0 Å². The predicted octanol–water partition coefficient (Wildman–Crippen LogP) is 2.97. The molecule has 5 nitrogen and oxygen atoms in total. The molecule has 2 rings (SSSR count). The number of ketones is 1. The van der Waals surface area contributed by atoms with Gasteiger partial charge in [0.25, 0.3) is 0 Å². The molecule has 0 bridgehead atoms. The molecule has 0 atom stereocenters. The third kappa shape index (κ3) is 5.47. The minimum atomic E-state index is -1.08. The van der Waals surface area contributed by atoms with Gasteiger partial charge in [0.15, 0.2) is 12.4 Å². The highest BCUT2D eigenvalue weighted by molar-refractivity contribution is 5.94. The molecule has 0 spiro atoms. The molecule has 23 heavy (non-hydrogen) atoms. The number of hydrogen-bond donors (Lipinski definition) is 1. The third-order valence-corrected chi connectivity index (χ3v) is 3.15. The van der Waals surface area contributed by atoms with Gasteiger partial charge in [-0.05, 0) is 24.6 Å². The van der Waals surface area contributed by atoms with Crippen LogP contribution in [0.1, 0.15) is 22.8 Å². The van der Waals surface area contributed by atoms with Crippen LogP contribution >= 0.6 is 0 Å². The highest BCUT2D eigenvalue weighted by Crippen LogP contribution is 2.23. The first-order chi connectivity index (χ1) is 11.0. The molecule has 0 aliphatic rings. The van der Waals surface area contributed by atoms with Crippen molar-refractivity contribution in [2.45, 2.75) is 13.3 Å². The Labute approximate surface area is 134 Å². The molecule has 2 aromatic rings. The lowest BCUT2D eigenvalue weighted by Crippen LogP contribution is -2.10. The van der Waals surface area contributed by atoms with E-state index in [1.54, 1.807) is 12.1 Å². The van der Waals surface area contributed by atoms with E-state index >= 15 is 0 Å². The molecule has 1 N–H and O–H groups in total.